The van der Waals surface area contributed by atoms with Gasteiger partial charge in [0, 0.05) is 24.6 Å². The largest absolute Gasteiger partial charge is 0.467 e. The molecule has 1 aromatic carbocycles. The van der Waals surface area contributed by atoms with Crippen LogP contribution < -0.4 is 10.6 Å². The van der Waals surface area contributed by atoms with E-state index < -0.39 is 17.6 Å². The summed E-state index contributed by atoms with van der Waals surface area (Å²) in [6.07, 6.45) is 4.87. The number of aromatic nitrogens is 2. The van der Waals surface area contributed by atoms with Gasteiger partial charge in [-0.25, -0.2) is 4.39 Å². The Morgan fingerprint density at radius 1 is 1.16 bits per heavy atom. The number of amides is 2. The molecule has 8 heteroatoms. The Labute approximate surface area is 142 Å². The van der Waals surface area contributed by atoms with E-state index in [4.69, 9.17) is 4.42 Å². The van der Waals surface area contributed by atoms with Crippen LogP contribution in [0.3, 0.4) is 0 Å². The van der Waals surface area contributed by atoms with Crippen LogP contribution in [0.4, 0.5) is 10.1 Å². The molecule has 0 saturated heterocycles. The number of benzene rings is 1. The summed E-state index contributed by atoms with van der Waals surface area (Å²) in [6.45, 7) is 0.116. The molecule has 128 valence electrons. The summed E-state index contributed by atoms with van der Waals surface area (Å²) >= 11 is 0. The maximum Gasteiger partial charge on any atom is 0.313 e. The van der Waals surface area contributed by atoms with E-state index in [-0.39, 0.29) is 12.6 Å². The van der Waals surface area contributed by atoms with Gasteiger partial charge in [-0.15, -0.1) is 0 Å². The molecule has 0 aliphatic carbocycles. The third kappa shape index (κ3) is 4.11. The van der Waals surface area contributed by atoms with E-state index in [0.717, 1.165) is 0 Å². The molecule has 25 heavy (non-hydrogen) atoms. The van der Waals surface area contributed by atoms with Gasteiger partial charge in [-0.05, 0) is 42.5 Å². The SMILES string of the molecule is O=C(NCC(c1ccco1)n1cccn1)C(=O)Nc1ccc(F)cc1. The summed E-state index contributed by atoms with van der Waals surface area (Å²) in [5.74, 6) is -1.48. The number of anilines is 1. The standard InChI is InChI=1S/C17H15FN4O3/c18-12-4-6-13(7-5-12)21-17(24)16(23)19-11-14(15-3-1-10-25-15)22-9-2-8-20-22/h1-10,14H,11H2,(H,19,23)(H,21,24). The first-order valence-electron chi connectivity index (χ1n) is 7.51. The predicted octanol–water partition coefficient (Wildman–Crippen LogP) is 1.96. The van der Waals surface area contributed by atoms with E-state index in [1.807, 2.05) is 0 Å². The second-order valence-corrected chi connectivity index (χ2v) is 5.19. The smallest absolute Gasteiger partial charge is 0.313 e. The molecule has 0 saturated carbocycles. The van der Waals surface area contributed by atoms with Crippen molar-refractivity contribution in [2.24, 2.45) is 0 Å². The average Bonchev–Trinajstić information content (AvgIpc) is 3.31. The first-order valence-corrected chi connectivity index (χ1v) is 7.51. The molecule has 0 aliphatic heterocycles. The lowest BCUT2D eigenvalue weighted by Crippen LogP contribution is -2.38. The summed E-state index contributed by atoms with van der Waals surface area (Å²) in [6, 6.07) is 9.99. The quantitative estimate of drug-likeness (QED) is 0.694. The third-order valence-electron chi connectivity index (χ3n) is 3.48. The summed E-state index contributed by atoms with van der Waals surface area (Å²) in [7, 11) is 0. The number of hydrogen-bond donors (Lipinski definition) is 2. The molecule has 3 rings (SSSR count). The van der Waals surface area contributed by atoms with Crippen LogP contribution >= 0.6 is 0 Å². The molecule has 0 bridgehead atoms. The summed E-state index contributed by atoms with van der Waals surface area (Å²) in [4.78, 5) is 23.9. The van der Waals surface area contributed by atoms with E-state index >= 15 is 0 Å². The van der Waals surface area contributed by atoms with Gasteiger partial charge in [-0.2, -0.15) is 5.10 Å². The minimum absolute atomic E-state index is 0.116. The van der Waals surface area contributed by atoms with Crippen LogP contribution in [0.1, 0.15) is 11.8 Å². The number of nitrogens with zero attached hydrogens (tertiary/aromatic N) is 2. The van der Waals surface area contributed by atoms with Crippen molar-refractivity contribution in [1.29, 1.82) is 0 Å². The molecule has 1 unspecified atom stereocenters. The average molecular weight is 342 g/mol. The zero-order chi connectivity index (χ0) is 17.6. The summed E-state index contributed by atoms with van der Waals surface area (Å²) in [5, 5.41) is 9.08. The Bertz CT molecular complexity index is 795. The fourth-order valence-electron chi connectivity index (χ4n) is 2.26. The van der Waals surface area contributed by atoms with Crippen LogP contribution in [-0.4, -0.2) is 28.1 Å². The molecule has 2 aromatic heterocycles. The van der Waals surface area contributed by atoms with E-state index in [1.54, 1.807) is 35.3 Å². The Balaban J connectivity index is 1.61. The van der Waals surface area contributed by atoms with Crippen molar-refractivity contribution in [3.05, 3.63) is 72.7 Å². The first-order chi connectivity index (χ1) is 12.1. The van der Waals surface area contributed by atoms with Crippen molar-refractivity contribution in [3.8, 4) is 0 Å². The van der Waals surface area contributed by atoms with E-state index in [2.05, 4.69) is 15.7 Å². The predicted molar refractivity (Wildman–Crippen MR) is 87.1 cm³/mol. The highest BCUT2D eigenvalue weighted by Crippen LogP contribution is 2.17. The van der Waals surface area contributed by atoms with E-state index in [9.17, 15) is 14.0 Å². The highest BCUT2D eigenvalue weighted by Gasteiger charge is 2.20. The molecule has 3 aromatic rings. The molecule has 2 heterocycles. The topological polar surface area (TPSA) is 89.2 Å². The fourth-order valence-corrected chi connectivity index (χ4v) is 2.26. The molecule has 0 fully saturated rings. The van der Waals surface area contributed by atoms with Gasteiger partial charge in [-0.3, -0.25) is 14.3 Å². The number of nitrogens with one attached hydrogen (secondary N) is 2. The van der Waals surface area contributed by atoms with Crippen LogP contribution in [0, 0.1) is 5.82 Å². The molecule has 0 spiro atoms. The Hall–Kier alpha value is -3.42. The van der Waals surface area contributed by atoms with Crippen LogP contribution in [-0.2, 0) is 9.59 Å². The fraction of sp³-hybridized carbons (Fsp3) is 0.118. The maximum absolute atomic E-state index is 12.9. The highest BCUT2D eigenvalue weighted by atomic mass is 19.1. The number of carbonyl (C=O) groups is 2. The Kier molecular flexibility index (Phi) is 4.89. The van der Waals surface area contributed by atoms with Crippen LogP contribution in [0.5, 0.6) is 0 Å². The Morgan fingerprint density at radius 3 is 2.60 bits per heavy atom. The molecule has 0 radical (unpaired) electrons. The van der Waals surface area contributed by atoms with E-state index in [1.165, 1.54) is 30.5 Å². The lowest BCUT2D eigenvalue weighted by atomic mass is 10.2. The zero-order valence-corrected chi connectivity index (χ0v) is 13.1. The van der Waals surface area contributed by atoms with Gasteiger partial charge in [0.1, 0.15) is 17.6 Å². The molecule has 7 nitrogen and oxygen atoms in total. The highest BCUT2D eigenvalue weighted by molar-refractivity contribution is 6.39. The van der Waals surface area contributed by atoms with Crippen LogP contribution in [0.2, 0.25) is 0 Å². The van der Waals surface area contributed by atoms with Crippen LogP contribution in [0.25, 0.3) is 0 Å². The lowest BCUT2D eigenvalue weighted by Gasteiger charge is -2.16. The molecular formula is C17H15FN4O3. The van der Waals surface area contributed by atoms with Gasteiger partial charge in [0.15, 0.2) is 0 Å². The van der Waals surface area contributed by atoms with Gasteiger partial charge in [0.05, 0.1) is 6.26 Å². The van der Waals surface area contributed by atoms with Crippen molar-refractivity contribution in [3.63, 3.8) is 0 Å². The van der Waals surface area contributed by atoms with E-state index in [0.29, 0.717) is 11.4 Å². The molecule has 2 amide bonds. The Morgan fingerprint density at radius 2 is 1.96 bits per heavy atom. The summed E-state index contributed by atoms with van der Waals surface area (Å²) in [5.41, 5.74) is 0.330. The third-order valence-corrected chi connectivity index (χ3v) is 3.48. The molecule has 2 N–H and O–H groups in total. The maximum atomic E-state index is 12.9. The molecule has 1 atom stereocenters. The van der Waals surface area contributed by atoms with Crippen molar-refractivity contribution in [2.45, 2.75) is 6.04 Å². The molecular weight excluding hydrogens is 327 g/mol. The normalized spacial score (nSPS) is 11.7. The molecule has 0 aliphatic rings. The summed E-state index contributed by atoms with van der Waals surface area (Å²) < 4.78 is 19.8. The van der Waals surface area contributed by atoms with Gasteiger partial charge in [-0.1, -0.05) is 0 Å². The minimum atomic E-state index is -0.842. The first kappa shape index (κ1) is 16.4. The monoisotopic (exact) mass is 342 g/mol. The van der Waals surface area contributed by atoms with Gasteiger partial charge < -0.3 is 15.1 Å². The number of hydrogen-bond acceptors (Lipinski definition) is 4. The van der Waals surface area contributed by atoms with Crippen LogP contribution in [0.15, 0.2) is 65.5 Å². The van der Waals surface area contributed by atoms with Crippen molar-refractivity contribution < 1.29 is 18.4 Å². The van der Waals surface area contributed by atoms with Gasteiger partial charge in [0.2, 0.25) is 0 Å². The van der Waals surface area contributed by atoms with Crippen molar-refractivity contribution in [2.75, 3.05) is 11.9 Å². The van der Waals surface area contributed by atoms with Gasteiger partial charge in [0.25, 0.3) is 0 Å². The number of rotatable bonds is 5. The number of furan rings is 1. The van der Waals surface area contributed by atoms with Crippen molar-refractivity contribution in [1.82, 2.24) is 15.1 Å². The number of carbonyl (C=O) groups excluding carboxylic acids is 2. The van der Waals surface area contributed by atoms with Gasteiger partial charge >= 0.3 is 11.8 Å². The minimum Gasteiger partial charge on any atom is -0.467 e. The van der Waals surface area contributed by atoms with Crippen molar-refractivity contribution >= 4 is 17.5 Å². The second-order valence-electron chi connectivity index (χ2n) is 5.19. The number of halogens is 1. The lowest BCUT2D eigenvalue weighted by molar-refractivity contribution is -0.136. The second kappa shape index (κ2) is 7.43. The zero-order valence-electron chi connectivity index (χ0n) is 13.1.